The van der Waals surface area contributed by atoms with Crippen molar-refractivity contribution in [2.24, 2.45) is 5.10 Å². The normalized spacial score (nSPS) is 11.0. The van der Waals surface area contributed by atoms with Crippen LogP contribution in [0.2, 0.25) is 0 Å². The second-order valence-corrected chi connectivity index (χ2v) is 6.57. The van der Waals surface area contributed by atoms with E-state index in [0.29, 0.717) is 22.5 Å². The van der Waals surface area contributed by atoms with Crippen molar-refractivity contribution in [3.05, 3.63) is 68.5 Å². The molecular formula is C19H17BrN4O3. The van der Waals surface area contributed by atoms with Crippen LogP contribution in [-0.2, 0) is 11.2 Å². The van der Waals surface area contributed by atoms with Gasteiger partial charge in [0.25, 0.3) is 5.56 Å². The SMILES string of the molecule is COc1ccc(/C=N\NC(=O)CCc2nc3ccccc3[nH]c2=O)cc1Br. The summed E-state index contributed by atoms with van der Waals surface area (Å²) < 4.78 is 5.95. The maximum atomic E-state index is 12.0. The van der Waals surface area contributed by atoms with Crippen LogP contribution in [0.1, 0.15) is 17.7 Å². The predicted molar refractivity (Wildman–Crippen MR) is 107 cm³/mol. The highest BCUT2D eigenvalue weighted by atomic mass is 79.9. The highest BCUT2D eigenvalue weighted by Crippen LogP contribution is 2.24. The summed E-state index contributed by atoms with van der Waals surface area (Å²) in [6.45, 7) is 0. The second kappa shape index (κ2) is 8.59. The van der Waals surface area contributed by atoms with Crippen LogP contribution in [0, 0.1) is 0 Å². The van der Waals surface area contributed by atoms with Gasteiger partial charge in [0.15, 0.2) is 0 Å². The van der Waals surface area contributed by atoms with Gasteiger partial charge in [-0.25, -0.2) is 10.4 Å². The summed E-state index contributed by atoms with van der Waals surface area (Å²) in [6, 6.07) is 12.7. The van der Waals surface area contributed by atoms with Crippen LogP contribution in [0.5, 0.6) is 5.75 Å². The number of fused-ring (bicyclic) bond motifs is 1. The number of aryl methyl sites for hydroxylation is 1. The fourth-order valence-electron chi connectivity index (χ4n) is 2.47. The molecule has 138 valence electrons. The van der Waals surface area contributed by atoms with Crippen LogP contribution in [0.3, 0.4) is 0 Å². The summed E-state index contributed by atoms with van der Waals surface area (Å²) >= 11 is 3.39. The topological polar surface area (TPSA) is 96.4 Å². The van der Waals surface area contributed by atoms with Crippen LogP contribution in [0.4, 0.5) is 0 Å². The number of methoxy groups -OCH3 is 1. The Bertz CT molecular complexity index is 1060. The average Bonchev–Trinajstić information content (AvgIpc) is 2.66. The lowest BCUT2D eigenvalue weighted by atomic mass is 10.2. The monoisotopic (exact) mass is 428 g/mol. The number of hydrogen-bond donors (Lipinski definition) is 2. The van der Waals surface area contributed by atoms with Gasteiger partial charge in [-0.3, -0.25) is 9.59 Å². The fraction of sp³-hybridized carbons (Fsp3) is 0.158. The third kappa shape index (κ3) is 4.79. The lowest BCUT2D eigenvalue weighted by Crippen LogP contribution is -2.21. The Balaban J connectivity index is 1.58. The van der Waals surface area contributed by atoms with E-state index >= 15 is 0 Å². The van der Waals surface area contributed by atoms with Crippen LogP contribution >= 0.6 is 15.9 Å². The molecule has 3 rings (SSSR count). The zero-order valence-electron chi connectivity index (χ0n) is 14.5. The van der Waals surface area contributed by atoms with Crippen molar-refractivity contribution in [3.63, 3.8) is 0 Å². The molecule has 0 aliphatic heterocycles. The molecule has 8 heteroatoms. The highest BCUT2D eigenvalue weighted by Gasteiger charge is 2.08. The predicted octanol–water partition coefficient (Wildman–Crippen LogP) is 2.78. The zero-order chi connectivity index (χ0) is 19.2. The van der Waals surface area contributed by atoms with Crippen LogP contribution < -0.4 is 15.7 Å². The number of nitrogens with one attached hydrogen (secondary N) is 2. The van der Waals surface area contributed by atoms with Crippen LogP contribution in [0.15, 0.2) is 56.8 Å². The number of carbonyl (C=O) groups is 1. The molecule has 0 atom stereocenters. The molecule has 0 fully saturated rings. The van der Waals surface area contributed by atoms with Crippen molar-refractivity contribution in [1.82, 2.24) is 15.4 Å². The van der Waals surface area contributed by atoms with Crippen LogP contribution in [0.25, 0.3) is 11.0 Å². The minimum absolute atomic E-state index is 0.109. The van der Waals surface area contributed by atoms with Crippen LogP contribution in [-0.4, -0.2) is 29.2 Å². The van der Waals surface area contributed by atoms with Crippen molar-refractivity contribution >= 4 is 39.1 Å². The minimum atomic E-state index is -0.298. The van der Waals surface area contributed by atoms with Gasteiger partial charge in [-0.1, -0.05) is 12.1 Å². The molecule has 0 saturated carbocycles. The van der Waals surface area contributed by atoms with E-state index < -0.39 is 0 Å². The standard InChI is InChI=1S/C19H17BrN4O3/c1-27-17-8-6-12(10-13(17)20)11-21-24-18(25)9-7-16-19(26)23-15-5-3-2-4-14(15)22-16/h2-6,8,10-11H,7,9H2,1H3,(H,23,26)(H,24,25)/b21-11-. The maximum absolute atomic E-state index is 12.0. The molecule has 2 N–H and O–H groups in total. The number of aromatic amines is 1. The van der Waals surface area contributed by atoms with E-state index in [4.69, 9.17) is 4.74 Å². The van der Waals surface area contributed by atoms with E-state index in [1.165, 1.54) is 6.21 Å². The summed E-state index contributed by atoms with van der Waals surface area (Å²) in [7, 11) is 1.59. The van der Waals surface area contributed by atoms with Crippen molar-refractivity contribution < 1.29 is 9.53 Å². The number of hydrazone groups is 1. The molecule has 0 spiro atoms. The number of rotatable bonds is 6. The molecule has 2 aromatic carbocycles. The van der Waals surface area contributed by atoms with E-state index in [2.05, 4.69) is 36.4 Å². The smallest absolute Gasteiger partial charge is 0.270 e. The molecule has 27 heavy (non-hydrogen) atoms. The Kier molecular flexibility index (Phi) is 5.97. The van der Waals surface area contributed by atoms with Gasteiger partial charge in [0.1, 0.15) is 11.4 Å². The third-order valence-electron chi connectivity index (χ3n) is 3.84. The summed E-state index contributed by atoms with van der Waals surface area (Å²) in [5.41, 5.74) is 4.66. The number of amides is 1. The number of hydrogen-bond acceptors (Lipinski definition) is 5. The van der Waals surface area contributed by atoms with Crippen molar-refractivity contribution in [2.45, 2.75) is 12.8 Å². The molecule has 3 aromatic rings. The number of benzene rings is 2. The van der Waals surface area contributed by atoms with Gasteiger partial charge in [-0.15, -0.1) is 0 Å². The Morgan fingerprint density at radius 3 is 2.93 bits per heavy atom. The molecule has 1 aromatic heterocycles. The number of para-hydroxylation sites is 2. The van der Waals surface area contributed by atoms with E-state index in [1.807, 2.05) is 30.3 Å². The number of halogens is 1. The molecule has 0 saturated heterocycles. The number of aromatic nitrogens is 2. The van der Waals surface area contributed by atoms with E-state index in [-0.39, 0.29) is 24.3 Å². The van der Waals surface area contributed by atoms with E-state index in [0.717, 1.165) is 10.0 Å². The highest BCUT2D eigenvalue weighted by molar-refractivity contribution is 9.10. The number of H-pyrrole nitrogens is 1. The summed E-state index contributed by atoms with van der Waals surface area (Å²) in [6.07, 6.45) is 1.87. The molecule has 7 nitrogen and oxygen atoms in total. The van der Waals surface area contributed by atoms with Gasteiger partial charge < -0.3 is 9.72 Å². The van der Waals surface area contributed by atoms with Gasteiger partial charge >= 0.3 is 0 Å². The quantitative estimate of drug-likeness (QED) is 0.465. The first kappa shape index (κ1) is 18.8. The maximum Gasteiger partial charge on any atom is 0.270 e. The number of nitrogens with zero attached hydrogens (tertiary/aromatic N) is 2. The zero-order valence-corrected chi connectivity index (χ0v) is 16.1. The first-order chi connectivity index (χ1) is 13.1. The molecular weight excluding hydrogens is 412 g/mol. The summed E-state index contributed by atoms with van der Waals surface area (Å²) in [4.78, 5) is 31.1. The Morgan fingerprint density at radius 1 is 1.33 bits per heavy atom. The second-order valence-electron chi connectivity index (χ2n) is 5.72. The minimum Gasteiger partial charge on any atom is -0.496 e. The molecule has 1 amide bonds. The van der Waals surface area contributed by atoms with Gasteiger partial charge in [0.05, 0.1) is 28.8 Å². The largest absolute Gasteiger partial charge is 0.496 e. The fourth-order valence-corrected chi connectivity index (χ4v) is 3.02. The molecule has 0 aliphatic rings. The van der Waals surface area contributed by atoms with E-state index in [9.17, 15) is 9.59 Å². The Morgan fingerprint density at radius 2 is 2.15 bits per heavy atom. The number of ether oxygens (including phenoxy) is 1. The molecule has 1 heterocycles. The van der Waals surface area contributed by atoms with Gasteiger partial charge in [0, 0.05) is 12.8 Å². The van der Waals surface area contributed by atoms with Crippen molar-refractivity contribution in [1.29, 1.82) is 0 Å². The molecule has 0 aliphatic carbocycles. The summed E-state index contributed by atoms with van der Waals surface area (Å²) in [5.74, 6) is 0.414. The average molecular weight is 429 g/mol. The van der Waals surface area contributed by atoms with Gasteiger partial charge in [-0.05, 0) is 51.8 Å². The third-order valence-corrected chi connectivity index (χ3v) is 4.46. The van der Waals surface area contributed by atoms with Gasteiger partial charge in [0.2, 0.25) is 5.91 Å². The molecule has 0 bridgehead atoms. The van der Waals surface area contributed by atoms with E-state index in [1.54, 1.807) is 19.2 Å². The first-order valence-corrected chi connectivity index (χ1v) is 8.99. The Labute approximate surface area is 163 Å². The van der Waals surface area contributed by atoms with Crippen molar-refractivity contribution in [2.75, 3.05) is 7.11 Å². The number of carbonyl (C=O) groups excluding carboxylic acids is 1. The Hall–Kier alpha value is -3.00. The lowest BCUT2D eigenvalue weighted by Gasteiger charge is -2.03. The molecule has 0 radical (unpaired) electrons. The van der Waals surface area contributed by atoms with Gasteiger partial charge in [-0.2, -0.15) is 5.10 Å². The summed E-state index contributed by atoms with van der Waals surface area (Å²) in [5, 5.41) is 3.93. The molecule has 0 unspecified atom stereocenters. The first-order valence-electron chi connectivity index (χ1n) is 8.20. The lowest BCUT2D eigenvalue weighted by molar-refractivity contribution is -0.121. The van der Waals surface area contributed by atoms with Crippen molar-refractivity contribution in [3.8, 4) is 5.75 Å².